The average Bonchev–Trinajstić information content (AvgIpc) is 2.72. The van der Waals surface area contributed by atoms with E-state index in [1.165, 1.54) is 0 Å². The van der Waals surface area contributed by atoms with Gasteiger partial charge in [-0.2, -0.15) is 5.10 Å². The first-order valence-electron chi connectivity index (χ1n) is 5.09. The first-order valence-corrected chi connectivity index (χ1v) is 5.09. The summed E-state index contributed by atoms with van der Waals surface area (Å²) in [5.41, 5.74) is 6.32. The highest BCUT2D eigenvalue weighted by atomic mass is 16.3. The molecule has 6 nitrogen and oxygen atoms in total. The van der Waals surface area contributed by atoms with Gasteiger partial charge in [0, 0.05) is 11.6 Å². The van der Waals surface area contributed by atoms with Gasteiger partial charge in [0.1, 0.15) is 6.10 Å². The molecule has 0 amide bonds. The first-order chi connectivity index (χ1) is 7.74. The largest absolute Gasteiger partial charge is 0.390 e. The molecule has 2 atom stereocenters. The number of H-pyrrole nitrogens is 1. The van der Waals surface area contributed by atoms with Crippen LogP contribution in [0.3, 0.4) is 0 Å². The van der Waals surface area contributed by atoms with Gasteiger partial charge in [0.2, 0.25) is 0 Å². The van der Waals surface area contributed by atoms with Gasteiger partial charge in [-0.15, -0.1) is 0 Å². The zero-order valence-electron chi connectivity index (χ0n) is 8.67. The van der Waals surface area contributed by atoms with E-state index in [4.69, 9.17) is 5.73 Å². The van der Waals surface area contributed by atoms with Crippen LogP contribution in [0.25, 0.3) is 11.0 Å². The van der Waals surface area contributed by atoms with Gasteiger partial charge in [0.25, 0.3) is 0 Å². The second-order valence-corrected chi connectivity index (χ2v) is 3.60. The van der Waals surface area contributed by atoms with Crippen LogP contribution in [-0.2, 0) is 0 Å². The lowest BCUT2D eigenvalue weighted by Crippen LogP contribution is -2.22. The van der Waals surface area contributed by atoms with E-state index in [2.05, 4.69) is 15.2 Å². The molecule has 86 valence electrons. The maximum absolute atomic E-state index is 9.90. The fourth-order valence-corrected chi connectivity index (χ4v) is 1.62. The Morgan fingerprint density at radius 2 is 2.25 bits per heavy atom. The van der Waals surface area contributed by atoms with Gasteiger partial charge in [0.05, 0.1) is 11.8 Å². The van der Waals surface area contributed by atoms with Crippen molar-refractivity contribution in [1.29, 1.82) is 0 Å². The third-order valence-electron chi connectivity index (χ3n) is 2.48. The summed E-state index contributed by atoms with van der Waals surface area (Å²) in [6, 6.07) is 3.54. The number of pyridine rings is 1. The van der Waals surface area contributed by atoms with E-state index in [9.17, 15) is 10.2 Å². The number of aromatic amines is 1. The van der Waals surface area contributed by atoms with E-state index in [1.54, 1.807) is 18.3 Å². The number of nitrogens with two attached hydrogens (primary N) is 1. The number of aliphatic hydroxyl groups excluding tert-OH is 2. The van der Waals surface area contributed by atoms with Crippen molar-refractivity contribution >= 4 is 11.0 Å². The molecule has 0 spiro atoms. The summed E-state index contributed by atoms with van der Waals surface area (Å²) in [6.07, 6.45) is 0.0454. The topological polar surface area (TPSA) is 108 Å². The summed E-state index contributed by atoms with van der Waals surface area (Å²) in [6.45, 7) is 0.322. The van der Waals surface area contributed by atoms with Crippen LogP contribution in [0.15, 0.2) is 18.3 Å². The number of fused-ring (bicyclic) bond motifs is 1. The number of nitrogens with one attached hydrogen (secondary N) is 1. The Labute approximate surface area is 92.1 Å². The lowest BCUT2D eigenvalue weighted by atomic mass is 10.1. The Kier molecular flexibility index (Phi) is 3.14. The maximum atomic E-state index is 9.90. The third kappa shape index (κ3) is 1.90. The summed E-state index contributed by atoms with van der Waals surface area (Å²) in [5, 5.41) is 26.9. The molecule has 0 aliphatic rings. The average molecular weight is 222 g/mol. The van der Waals surface area contributed by atoms with Crippen molar-refractivity contribution in [3.63, 3.8) is 0 Å². The molecule has 16 heavy (non-hydrogen) atoms. The highest BCUT2D eigenvalue weighted by Crippen LogP contribution is 2.23. The smallest absolute Gasteiger partial charge is 0.181 e. The number of hydrogen-bond acceptors (Lipinski definition) is 5. The molecule has 2 rings (SSSR count). The van der Waals surface area contributed by atoms with Crippen LogP contribution in [-0.4, -0.2) is 38.0 Å². The Hall–Kier alpha value is -1.50. The van der Waals surface area contributed by atoms with Crippen LogP contribution in [0.1, 0.15) is 18.2 Å². The second-order valence-electron chi connectivity index (χ2n) is 3.60. The number of aromatic nitrogens is 3. The third-order valence-corrected chi connectivity index (χ3v) is 2.48. The van der Waals surface area contributed by atoms with Crippen molar-refractivity contribution in [3.8, 4) is 0 Å². The number of nitrogens with zero attached hydrogens (tertiary/aromatic N) is 2. The molecule has 6 heteroatoms. The molecular weight excluding hydrogens is 208 g/mol. The van der Waals surface area contributed by atoms with E-state index in [1.807, 2.05) is 0 Å². The van der Waals surface area contributed by atoms with Crippen molar-refractivity contribution in [3.05, 3.63) is 24.0 Å². The van der Waals surface area contributed by atoms with Crippen molar-refractivity contribution in [2.24, 2.45) is 5.73 Å². The highest BCUT2D eigenvalue weighted by Gasteiger charge is 2.21. The van der Waals surface area contributed by atoms with Crippen molar-refractivity contribution in [2.75, 3.05) is 6.54 Å². The number of rotatable bonds is 4. The fourth-order valence-electron chi connectivity index (χ4n) is 1.62. The summed E-state index contributed by atoms with van der Waals surface area (Å²) in [7, 11) is 0. The molecule has 2 unspecified atom stereocenters. The predicted octanol–water partition coefficient (Wildman–Crippen LogP) is -0.299. The van der Waals surface area contributed by atoms with Crippen molar-refractivity contribution < 1.29 is 10.2 Å². The lowest BCUT2D eigenvalue weighted by molar-refractivity contribution is 0.0133. The SMILES string of the molecule is NCCC(O)C(O)c1[nH]nc2ncccc12. The molecule has 0 aliphatic heterocycles. The van der Waals surface area contributed by atoms with E-state index >= 15 is 0 Å². The molecule has 2 heterocycles. The number of hydrogen-bond donors (Lipinski definition) is 4. The number of aliphatic hydroxyl groups is 2. The molecule has 0 saturated heterocycles. The van der Waals surface area contributed by atoms with Crippen LogP contribution in [0.2, 0.25) is 0 Å². The lowest BCUT2D eigenvalue weighted by Gasteiger charge is -2.15. The van der Waals surface area contributed by atoms with Gasteiger partial charge < -0.3 is 15.9 Å². The zero-order valence-corrected chi connectivity index (χ0v) is 8.67. The van der Waals surface area contributed by atoms with E-state index in [0.717, 1.165) is 0 Å². The highest BCUT2D eigenvalue weighted by molar-refractivity contribution is 5.77. The Morgan fingerprint density at radius 3 is 3.00 bits per heavy atom. The summed E-state index contributed by atoms with van der Waals surface area (Å²) in [4.78, 5) is 4.03. The van der Waals surface area contributed by atoms with Crippen LogP contribution in [0.4, 0.5) is 0 Å². The van der Waals surface area contributed by atoms with Gasteiger partial charge in [-0.1, -0.05) is 0 Å². The maximum Gasteiger partial charge on any atom is 0.181 e. The van der Waals surface area contributed by atoms with Gasteiger partial charge in [-0.3, -0.25) is 5.10 Å². The van der Waals surface area contributed by atoms with Gasteiger partial charge in [-0.05, 0) is 25.1 Å². The molecular formula is C10H14N4O2. The first kappa shape index (κ1) is 11.0. The Morgan fingerprint density at radius 1 is 1.44 bits per heavy atom. The monoisotopic (exact) mass is 222 g/mol. The van der Waals surface area contributed by atoms with E-state index in [0.29, 0.717) is 29.7 Å². The standard InChI is InChI=1S/C10H14N4O2/c11-4-3-7(15)9(16)8-6-2-1-5-12-10(6)14-13-8/h1-2,5,7,9,15-16H,3-4,11H2,(H,12,13,14). The van der Waals surface area contributed by atoms with Crippen molar-refractivity contribution in [2.45, 2.75) is 18.6 Å². The van der Waals surface area contributed by atoms with Gasteiger partial charge >= 0.3 is 0 Å². The molecule has 0 aliphatic carbocycles. The molecule has 0 aromatic carbocycles. The fraction of sp³-hybridized carbons (Fsp3) is 0.400. The summed E-state index contributed by atoms with van der Waals surface area (Å²) in [5.74, 6) is 0. The quantitative estimate of drug-likeness (QED) is 0.568. The zero-order chi connectivity index (χ0) is 11.5. The van der Waals surface area contributed by atoms with Crippen molar-refractivity contribution in [1.82, 2.24) is 15.2 Å². The molecule has 5 N–H and O–H groups in total. The van der Waals surface area contributed by atoms with Gasteiger partial charge in [-0.25, -0.2) is 4.98 Å². The van der Waals surface area contributed by atoms with Crippen LogP contribution in [0.5, 0.6) is 0 Å². The summed E-state index contributed by atoms with van der Waals surface area (Å²) < 4.78 is 0. The van der Waals surface area contributed by atoms with Crippen LogP contribution in [0, 0.1) is 0 Å². The molecule has 0 radical (unpaired) electrons. The second kappa shape index (κ2) is 4.56. The van der Waals surface area contributed by atoms with Gasteiger partial charge in [0.15, 0.2) is 5.65 Å². The minimum Gasteiger partial charge on any atom is -0.390 e. The normalized spacial score (nSPS) is 15.2. The van der Waals surface area contributed by atoms with Crippen LogP contribution >= 0.6 is 0 Å². The Bertz CT molecular complexity index is 471. The summed E-state index contributed by atoms with van der Waals surface area (Å²) >= 11 is 0. The molecule has 2 aromatic heterocycles. The molecule has 2 aromatic rings. The minimum atomic E-state index is -1.02. The van der Waals surface area contributed by atoms with Crippen LogP contribution < -0.4 is 5.73 Å². The predicted molar refractivity (Wildman–Crippen MR) is 58.5 cm³/mol. The molecule has 0 saturated carbocycles. The Balaban J connectivity index is 2.32. The van der Waals surface area contributed by atoms with E-state index < -0.39 is 12.2 Å². The molecule has 0 bridgehead atoms. The van der Waals surface area contributed by atoms with E-state index in [-0.39, 0.29) is 0 Å². The molecule has 0 fully saturated rings. The minimum absolute atomic E-state index is 0.322.